The largest absolute Gasteiger partial charge is 0.481 e. The van der Waals surface area contributed by atoms with Crippen LogP contribution in [0.5, 0.6) is 5.75 Å². The number of oxime groups is 1. The van der Waals surface area contributed by atoms with Gasteiger partial charge in [0.1, 0.15) is 22.6 Å². The highest BCUT2D eigenvalue weighted by atomic mass is 16.7. The second kappa shape index (κ2) is 7.39. The van der Waals surface area contributed by atoms with Crippen LogP contribution in [0.15, 0.2) is 75.0 Å². The summed E-state index contributed by atoms with van der Waals surface area (Å²) in [5, 5.41) is 4.84. The standard InChI is InChI=1S/C23H19NO5/c1-23(2)20(24-29-22(26)10-8-15-6-4-3-5-7-15)13-17-12-16-9-11-21(25)27-18(16)14-19(17)28-23/h3-12,14H,13H2,1-2H3/b10-8+,24-20+. The van der Waals surface area contributed by atoms with E-state index >= 15 is 0 Å². The van der Waals surface area contributed by atoms with Crippen molar-refractivity contribution in [3.63, 3.8) is 0 Å². The number of benzene rings is 2. The monoisotopic (exact) mass is 389 g/mol. The van der Waals surface area contributed by atoms with E-state index in [4.69, 9.17) is 14.0 Å². The molecule has 0 N–H and O–H groups in total. The van der Waals surface area contributed by atoms with Crippen molar-refractivity contribution in [2.45, 2.75) is 25.9 Å². The molecule has 146 valence electrons. The minimum atomic E-state index is -0.779. The zero-order valence-corrected chi connectivity index (χ0v) is 16.0. The average molecular weight is 389 g/mol. The molecule has 0 saturated carbocycles. The van der Waals surface area contributed by atoms with Crippen molar-refractivity contribution in [3.05, 3.63) is 82.2 Å². The van der Waals surface area contributed by atoms with Crippen LogP contribution >= 0.6 is 0 Å². The van der Waals surface area contributed by atoms with Gasteiger partial charge in [0.2, 0.25) is 0 Å². The van der Waals surface area contributed by atoms with Gasteiger partial charge in [0.05, 0.1) is 0 Å². The topological polar surface area (TPSA) is 78.1 Å². The van der Waals surface area contributed by atoms with E-state index in [1.54, 1.807) is 18.2 Å². The Balaban J connectivity index is 1.55. The Morgan fingerprint density at radius 2 is 1.93 bits per heavy atom. The lowest BCUT2D eigenvalue weighted by atomic mass is 9.91. The molecule has 2 heterocycles. The highest BCUT2D eigenvalue weighted by Crippen LogP contribution is 2.34. The zero-order valence-electron chi connectivity index (χ0n) is 16.0. The molecule has 0 spiro atoms. The first-order valence-corrected chi connectivity index (χ1v) is 9.18. The molecule has 0 unspecified atom stereocenters. The van der Waals surface area contributed by atoms with Gasteiger partial charge in [-0.15, -0.1) is 0 Å². The van der Waals surface area contributed by atoms with Crippen LogP contribution in [0.25, 0.3) is 17.0 Å². The molecule has 0 fully saturated rings. The summed E-state index contributed by atoms with van der Waals surface area (Å²) in [6.45, 7) is 3.68. The van der Waals surface area contributed by atoms with Crippen LogP contribution < -0.4 is 10.4 Å². The number of carbonyl (C=O) groups is 1. The molecule has 0 atom stereocenters. The second-order valence-corrected chi connectivity index (χ2v) is 7.23. The van der Waals surface area contributed by atoms with E-state index < -0.39 is 17.2 Å². The van der Waals surface area contributed by atoms with E-state index in [-0.39, 0.29) is 0 Å². The number of rotatable bonds is 3. The summed E-state index contributed by atoms with van der Waals surface area (Å²) in [5.41, 5.74) is 1.63. The summed E-state index contributed by atoms with van der Waals surface area (Å²) < 4.78 is 11.3. The van der Waals surface area contributed by atoms with Gasteiger partial charge in [-0.25, -0.2) is 9.59 Å². The van der Waals surface area contributed by atoms with Crippen LogP contribution in [-0.4, -0.2) is 17.3 Å². The van der Waals surface area contributed by atoms with E-state index in [1.807, 2.05) is 50.2 Å². The minimum Gasteiger partial charge on any atom is -0.481 e. The van der Waals surface area contributed by atoms with Crippen molar-refractivity contribution in [2.24, 2.45) is 5.16 Å². The maximum absolute atomic E-state index is 12.0. The van der Waals surface area contributed by atoms with Crippen LogP contribution in [0.3, 0.4) is 0 Å². The molecule has 1 aliphatic heterocycles. The lowest BCUT2D eigenvalue weighted by molar-refractivity contribution is -0.137. The van der Waals surface area contributed by atoms with Gasteiger partial charge in [-0.2, -0.15) is 0 Å². The number of nitrogens with zero attached hydrogens (tertiary/aromatic N) is 1. The van der Waals surface area contributed by atoms with Gasteiger partial charge in [-0.05, 0) is 37.6 Å². The van der Waals surface area contributed by atoms with Crippen LogP contribution in [0.2, 0.25) is 0 Å². The number of carbonyl (C=O) groups excluding carboxylic acids is 1. The second-order valence-electron chi connectivity index (χ2n) is 7.23. The number of hydrogen-bond acceptors (Lipinski definition) is 6. The fourth-order valence-electron chi connectivity index (χ4n) is 3.11. The van der Waals surface area contributed by atoms with Gasteiger partial charge in [-0.1, -0.05) is 35.5 Å². The number of fused-ring (bicyclic) bond motifs is 2. The summed E-state index contributed by atoms with van der Waals surface area (Å²) in [6.07, 6.45) is 3.45. The molecule has 1 aliphatic rings. The molecule has 0 saturated heterocycles. The third-order valence-electron chi connectivity index (χ3n) is 4.68. The molecule has 6 nitrogen and oxygen atoms in total. The maximum Gasteiger partial charge on any atom is 0.358 e. The molecule has 0 radical (unpaired) electrons. The van der Waals surface area contributed by atoms with Crippen LogP contribution in [0.1, 0.15) is 25.0 Å². The molecule has 0 aliphatic carbocycles. The SMILES string of the molecule is CC1(C)Oc2cc3oc(=O)ccc3cc2C/C1=N\OC(=O)/C=C/c1ccccc1. The Morgan fingerprint density at radius 1 is 1.14 bits per heavy atom. The lowest BCUT2D eigenvalue weighted by Crippen LogP contribution is -2.43. The van der Waals surface area contributed by atoms with Crippen LogP contribution in [0, 0.1) is 0 Å². The molecule has 2 aromatic carbocycles. The van der Waals surface area contributed by atoms with Gasteiger partial charge in [-0.3, -0.25) is 0 Å². The molecule has 0 bridgehead atoms. The third-order valence-corrected chi connectivity index (χ3v) is 4.68. The summed E-state index contributed by atoms with van der Waals surface area (Å²) in [7, 11) is 0. The third kappa shape index (κ3) is 4.11. The van der Waals surface area contributed by atoms with E-state index in [0.29, 0.717) is 23.5 Å². The summed E-state index contributed by atoms with van der Waals surface area (Å²) in [4.78, 5) is 28.5. The van der Waals surface area contributed by atoms with Crippen molar-refractivity contribution >= 4 is 28.7 Å². The molecule has 29 heavy (non-hydrogen) atoms. The fourth-order valence-corrected chi connectivity index (χ4v) is 3.11. The first-order chi connectivity index (χ1) is 13.9. The predicted molar refractivity (Wildman–Crippen MR) is 110 cm³/mol. The van der Waals surface area contributed by atoms with E-state index in [0.717, 1.165) is 16.5 Å². The maximum atomic E-state index is 12.0. The Morgan fingerprint density at radius 3 is 2.72 bits per heavy atom. The van der Waals surface area contributed by atoms with E-state index in [9.17, 15) is 9.59 Å². The Labute approximate surface area is 167 Å². The summed E-state index contributed by atoms with van der Waals surface area (Å²) in [5.74, 6) is 0.0503. The number of ether oxygens (including phenoxy) is 1. The smallest absolute Gasteiger partial charge is 0.358 e. The highest BCUT2D eigenvalue weighted by molar-refractivity contribution is 5.97. The fraction of sp³-hybridized carbons (Fsp3) is 0.174. The van der Waals surface area contributed by atoms with E-state index in [1.165, 1.54) is 12.1 Å². The number of hydrogen-bond donors (Lipinski definition) is 0. The Hall–Kier alpha value is -3.67. The molecule has 1 aromatic heterocycles. The summed E-state index contributed by atoms with van der Waals surface area (Å²) >= 11 is 0. The molecule has 3 aromatic rings. The van der Waals surface area contributed by atoms with Crippen molar-refractivity contribution in [2.75, 3.05) is 0 Å². The molecule has 4 rings (SSSR count). The minimum absolute atomic E-state index is 0.412. The van der Waals surface area contributed by atoms with Crippen LogP contribution in [-0.2, 0) is 16.1 Å². The average Bonchev–Trinajstić information content (AvgIpc) is 2.69. The predicted octanol–water partition coefficient (Wildman–Crippen LogP) is 4.12. The van der Waals surface area contributed by atoms with Gasteiger partial charge >= 0.3 is 11.6 Å². The zero-order chi connectivity index (χ0) is 20.4. The van der Waals surface area contributed by atoms with Crippen molar-refractivity contribution in [3.8, 4) is 5.75 Å². The first-order valence-electron chi connectivity index (χ1n) is 9.18. The summed E-state index contributed by atoms with van der Waals surface area (Å²) in [6, 6.07) is 16.1. The highest BCUT2D eigenvalue weighted by Gasteiger charge is 2.34. The first kappa shape index (κ1) is 18.7. The Bertz CT molecular complexity index is 1190. The van der Waals surface area contributed by atoms with Gasteiger partial charge in [0.15, 0.2) is 0 Å². The molecular weight excluding hydrogens is 370 g/mol. The molecular formula is C23H19NO5. The quantitative estimate of drug-likeness (QED) is 0.291. The molecule has 0 amide bonds. The van der Waals surface area contributed by atoms with Gasteiger partial charge < -0.3 is 14.0 Å². The van der Waals surface area contributed by atoms with Crippen molar-refractivity contribution in [1.29, 1.82) is 0 Å². The van der Waals surface area contributed by atoms with E-state index in [2.05, 4.69) is 5.16 Å². The van der Waals surface area contributed by atoms with Crippen LogP contribution in [0.4, 0.5) is 0 Å². The van der Waals surface area contributed by atoms with Crippen molar-refractivity contribution in [1.82, 2.24) is 0 Å². The van der Waals surface area contributed by atoms with Gasteiger partial charge in [0, 0.05) is 35.6 Å². The van der Waals surface area contributed by atoms with Gasteiger partial charge in [0.25, 0.3) is 0 Å². The normalized spacial score (nSPS) is 16.6. The molecule has 6 heteroatoms. The Kier molecular flexibility index (Phi) is 4.76. The lowest BCUT2D eigenvalue weighted by Gasteiger charge is -2.33. The van der Waals surface area contributed by atoms with Crippen molar-refractivity contribution < 1.29 is 18.8 Å².